The molecule has 0 radical (unpaired) electrons. The van der Waals surface area contributed by atoms with Crippen LogP contribution in [0.25, 0.3) is 0 Å². The van der Waals surface area contributed by atoms with Gasteiger partial charge >= 0.3 is 0 Å². The van der Waals surface area contributed by atoms with Crippen LogP contribution in [0.15, 0.2) is 24.3 Å². The summed E-state index contributed by atoms with van der Waals surface area (Å²) in [6.07, 6.45) is 0.995. The third-order valence-electron chi connectivity index (χ3n) is 3.81. The maximum atomic E-state index is 12.1. The quantitative estimate of drug-likeness (QED) is 0.575. The Kier molecular flexibility index (Phi) is 5.51. The predicted molar refractivity (Wildman–Crippen MR) is 83.0 cm³/mol. The molecule has 2 unspecified atom stereocenters. The van der Waals surface area contributed by atoms with Gasteiger partial charge in [0.25, 0.3) is 11.8 Å². The molecule has 0 bridgehead atoms. The molecule has 0 aromatic heterocycles. The Labute approximate surface area is 130 Å². The Bertz CT molecular complexity index is 526. The lowest BCUT2D eigenvalue weighted by Crippen LogP contribution is -2.49. The van der Waals surface area contributed by atoms with Crippen molar-refractivity contribution < 1.29 is 14.7 Å². The van der Waals surface area contributed by atoms with E-state index in [1.165, 1.54) is 0 Å². The molecule has 2 rings (SSSR count). The molecule has 1 saturated carbocycles. The highest BCUT2D eigenvalue weighted by atomic mass is 16.3. The number of nitrogens with two attached hydrogens (primary N) is 1. The maximum absolute atomic E-state index is 12.1. The Balaban J connectivity index is 1.84. The van der Waals surface area contributed by atoms with Gasteiger partial charge in [-0.1, -0.05) is 12.1 Å². The van der Waals surface area contributed by atoms with Crippen molar-refractivity contribution in [1.29, 1.82) is 0 Å². The minimum atomic E-state index is -1.26. The molecule has 120 valence electrons. The van der Waals surface area contributed by atoms with Gasteiger partial charge in [0.05, 0.1) is 6.04 Å². The number of hydrogen-bond donors (Lipinski definition) is 4. The number of benzene rings is 1. The van der Waals surface area contributed by atoms with Crippen molar-refractivity contribution in [2.75, 3.05) is 6.54 Å². The van der Waals surface area contributed by atoms with Crippen molar-refractivity contribution in [2.45, 2.75) is 38.5 Å². The number of nitrogens with one attached hydrogen (secondary N) is 2. The third-order valence-corrected chi connectivity index (χ3v) is 3.81. The SMILES string of the molecule is CC(NC(=O)c1ccc(CN)cc1)C(O)C(=O)NCC1CC1. The Morgan fingerprint density at radius 2 is 1.95 bits per heavy atom. The summed E-state index contributed by atoms with van der Waals surface area (Å²) >= 11 is 0. The molecule has 1 aliphatic carbocycles. The standard InChI is InChI=1S/C16H23N3O3/c1-10(14(20)16(22)18-9-12-2-3-12)19-15(21)13-6-4-11(8-17)5-7-13/h4-7,10,12,14,20H,2-3,8-9,17H2,1H3,(H,18,22)(H,19,21). The molecule has 2 amide bonds. The van der Waals surface area contributed by atoms with Crippen LogP contribution in [0.4, 0.5) is 0 Å². The van der Waals surface area contributed by atoms with E-state index in [9.17, 15) is 14.7 Å². The molecule has 5 N–H and O–H groups in total. The van der Waals surface area contributed by atoms with Crippen LogP contribution in [0.3, 0.4) is 0 Å². The van der Waals surface area contributed by atoms with Gasteiger partial charge in [-0.3, -0.25) is 9.59 Å². The van der Waals surface area contributed by atoms with Gasteiger partial charge in [-0.25, -0.2) is 0 Å². The number of carbonyl (C=O) groups excluding carboxylic acids is 2. The summed E-state index contributed by atoms with van der Waals surface area (Å²) in [5.41, 5.74) is 6.91. The average molecular weight is 305 g/mol. The number of aliphatic hydroxyl groups is 1. The number of aliphatic hydroxyl groups excluding tert-OH is 1. The lowest BCUT2D eigenvalue weighted by atomic mass is 10.1. The first-order valence-corrected chi connectivity index (χ1v) is 7.57. The second-order valence-electron chi connectivity index (χ2n) is 5.80. The molecule has 0 heterocycles. The lowest BCUT2D eigenvalue weighted by molar-refractivity contribution is -0.130. The second-order valence-corrected chi connectivity index (χ2v) is 5.80. The van der Waals surface area contributed by atoms with Gasteiger partial charge in [0.1, 0.15) is 0 Å². The first-order chi connectivity index (χ1) is 10.5. The largest absolute Gasteiger partial charge is 0.381 e. The van der Waals surface area contributed by atoms with E-state index in [1.54, 1.807) is 31.2 Å². The summed E-state index contributed by atoms with van der Waals surface area (Å²) < 4.78 is 0. The van der Waals surface area contributed by atoms with Crippen LogP contribution in [0.1, 0.15) is 35.7 Å². The number of hydrogen-bond acceptors (Lipinski definition) is 4. The molecule has 2 atom stereocenters. The molecule has 6 nitrogen and oxygen atoms in total. The summed E-state index contributed by atoms with van der Waals surface area (Å²) in [5.74, 6) is -0.231. The minimum Gasteiger partial charge on any atom is -0.381 e. The van der Waals surface area contributed by atoms with Crippen LogP contribution >= 0.6 is 0 Å². The molecule has 1 aliphatic rings. The van der Waals surface area contributed by atoms with Crippen LogP contribution in [0, 0.1) is 5.92 Å². The van der Waals surface area contributed by atoms with Crippen molar-refractivity contribution >= 4 is 11.8 Å². The van der Waals surface area contributed by atoms with E-state index in [-0.39, 0.29) is 5.91 Å². The summed E-state index contributed by atoms with van der Waals surface area (Å²) in [6, 6.07) is 6.23. The first-order valence-electron chi connectivity index (χ1n) is 7.57. The van der Waals surface area contributed by atoms with E-state index in [1.807, 2.05) is 0 Å². The molecule has 1 fully saturated rings. The fraction of sp³-hybridized carbons (Fsp3) is 0.500. The molecule has 0 spiro atoms. The molecule has 1 aromatic rings. The summed E-state index contributed by atoms with van der Waals surface area (Å²) in [6.45, 7) is 2.61. The van der Waals surface area contributed by atoms with Crippen LogP contribution in [0.5, 0.6) is 0 Å². The smallest absolute Gasteiger partial charge is 0.251 e. The van der Waals surface area contributed by atoms with Gasteiger partial charge in [0.15, 0.2) is 6.10 Å². The third kappa shape index (κ3) is 4.54. The zero-order valence-corrected chi connectivity index (χ0v) is 12.7. The van der Waals surface area contributed by atoms with E-state index in [4.69, 9.17) is 5.73 Å². The van der Waals surface area contributed by atoms with Crippen molar-refractivity contribution in [3.8, 4) is 0 Å². The number of amides is 2. The maximum Gasteiger partial charge on any atom is 0.251 e. The van der Waals surface area contributed by atoms with Crippen LogP contribution in [-0.2, 0) is 11.3 Å². The van der Waals surface area contributed by atoms with Gasteiger partial charge in [-0.15, -0.1) is 0 Å². The molecule has 1 aromatic carbocycles. The zero-order chi connectivity index (χ0) is 16.1. The van der Waals surface area contributed by atoms with Crippen LogP contribution in [0.2, 0.25) is 0 Å². The van der Waals surface area contributed by atoms with Gasteiger partial charge < -0.3 is 21.5 Å². The molecule has 22 heavy (non-hydrogen) atoms. The minimum absolute atomic E-state index is 0.329. The monoisotopic (exact) mass is 305 g/mol. The van der Waals surface area contributed by atoms with E-state index in [2.05, 4.69) is 10.6 Å². The summed E-state index contributed by atoms with van der Waals surface area (Å²) in [5, 5.41) is 15.3. The summed E-state index contributed by atoms with van der Waals surface area (Å²) in [7, 11) is 0. The molecule has 6 heteroatoms. The summed E-state index contributed by atoms with van der Waals surface area (Å²) in [4.78, 5) is 23.9. The van der Waals surface area contributed by atoms with E-state index >= 15 is 0 Å². The number of rotatable bonds is 7. The van der Waals surface area contributed by atoms with E-state index in [0.717, 1.165) is 18.4 Å². The lowest BCUT2D eigenvalue weighted by Gasteiger charge is -2.20. The Hall–Kier alpha value is -1.92. The van der Waals surface area contributed by atoms with Crippen molar-refractivity contribution in [3.63, 3.8) is 0 Å². The normalized spacial score (nSPS) is 16.7. The fourth-order valence-corrected chi connectivity index (χ4v) is 2.06. The Morgan fingerprint density at radius 1 is 1.32 bits per heavy atom. The van der Waals surface area contributed by atoms with Gasteiger partial charge in [0.2, 0.25) is 0 Å². The highest BCUT2D eigenvalue weighted by Crippen LogP contribution is 2.27. The van der Waals surface area contributed by atoms with E-state index < -0.39 is 18.1 Å². The number of carbonyl (C=O) groups is 2. The van der Waals surface area contributed by atoms with Crippen LogP contribution in [-0.4, -0.2) is 35.6 Å². The second kappa shape index (κ2) is 7.38. The highest BCUT2D eigenvalue weighted by molar-refractivity contribution is 5.95. The molecule has 0 aliphatic heterocycles. The van der Waals surface area contributed by atoms with E-state index in [0.29, 0.717) is 24.6 Å². The first kappa shape index (κ1) is 16.5. The van der Waals surface area contributed by atoms with Crippen molar-refractivity contribution in [1.82, 2.24) is 10.6 Å². The fourth-order valence-electron chi connectivity index (χ4n) is 2.06. The molecular weight excluding hydrogens is 282 g/mol. The molecule has 0 saturated heterocycles. The predicted octanol–water partition coefficient (Wildman–Crippen LogP) is 0.151. The van der Waals surface area contributed by atoms with Gasteiger partial charge in [-0.05, 0) is 43.4 Å². The zero-order valence-electron chi connectivity index (χ0n) is 12.7. The van der Waals surface area contributed by atoms with Gasteiger partial charge in [0, 0.05) is 18.7 Å². The highest BCUT2D eigenvalue weighted by Gasteiger charge is 2.27. The Morgan fingerprint density at radius 3 is 2.50 bits per heavy atom. The topological polar surface area (TPSA) is 104 Å². The van der Waals surface area contributed by atoms with Gasteiger partial charge in [-0.2, -0.15) is 0 Å². The average Bonchev–Trinajstić information content (AvgIpc) is 3.36. The van der Waals surface area contributed by atoms with Crippen molar-refractivity contribution in [3.05, 3.63) is 35.4 Å². The van der Waals surface area contributed by atoms with Crippen LogP contribution < -0.4 is 16.4 Å². The van der Waals surface area contributed by atoms with Crippen molar-refractivity contribution in [2.24, 2.45) is 11.7 Å². The molecular formula is C16H23N3O3.